The largest absolute Gasteiger partial charge is 0.497 e. The fraction of sp³-hybridized carbons (Fsp3) is 0.370. The number of anilines is 2. The van der Waals surface area contributed by atoms with E-state index in [0.717, 1.165) is 28.9 Å². The molecule has 0 aliphatic carbocycles. The summed E-state index contributed by atoms with van der Waals surface area (Å²) in [6.45, 7) is 11.0. The molecule has 0 radical (unpaired) electrons. The van der Waals surface area contributed by atoms with Crippen LogP contribution >= 0.6 is 0 Å². The van der Waals surface area contributed by atoms with Gasteiger partial charge in [0.1, 0.15) is 22.3 Å². The Kier molecular flexibility index (Phi) is 6.89. The van der Waals surface area contributed by atoms with Crippen LogP contribution in [0.2, 0.25) is 0 Å². The lowest BCUT2D eigenvalue weighted by Gasteiger charge is -2.34. The van der Waals surface area contributed by atoms with Crippen molar-refractivity contribution >= 4 is 27.6 Å². The highest BCUT2D eigenvalue weighted by molar-refractivity contribution is 7.90. The van der Waals surface area contributed by atoms with E-state index in [0.29, 0.717) is 24.0 Å². The highest BCUT2D eigenvalue weighted by atomic mass is 32.2. The summed E-state index contributed by atoms with van der Waals surface area (Å²) in [5.74, 6) is 0.602. The van der Waals surface area contributed by atoms with Gasteiger partial charge in [0.15, 0.2) is 0 Å². The summed E-state index contributed by atoms with van der Waals surface area (Å²) in [5.41, 5.74) is 9.25. The maximum Gasteiger partial charge on any atom is 0.268 e. The van der Waals surface area contributed by atoms with E-state index >= 15 is 0 Å². The number of amides is 1. The second-order valence-electron chi connectivity index (χ2n) is 10.3. The van der Waals surface area contributed by atoms with E-state index in [4.69, 9.17) is 15.5 Å². The van der Waals surface area contributed by atoms with Crippen LogP contribution in [-0.2, 0) is 10.0 Å². The van der Waals surface area contributed by atoms with E-state index in [9.17, 15) is 13.2 Å². The highest BCUT2D eigenvalue weighted by Gasteiger charge is 2.39. The van der Waals surface area contributed by atoms with Gasteiger partial charge in [-0.05, 0) is 87.6 Å². The van der Waals surface area contributed by atoms with Crippen LogP contribution in [0, 0.1) is 19.8 Å². The highest BCUT2D eigenvalue weighted by Crippen LogP contribution is 2.39. The Bertz CT molecular complexity index is 1450. The number of nitrogens with one attached hydrogen (secondary N) is 1. The number of ether oxygens (including phenoxy) is 1. The van der Waals surface area contributed by atoms with Crippen LogP contribution in [0.5, 0.6) is 5.75 Å². The molecule has 3 aromatic rings. The van der Waals surface area contributed by atoms with Gasteiger partial charge in [0.2, 0.25) is 0 Å². The first kappa shape index (κ1) is 26.4. The zero-order valence-corrected chi connectivity index (χ0v) is 22.8. The van der Waals surface area contributed by atoms with Gasteiger partial charge in [-0.2, -0.15) is 0 Å². The van der Waals surface area contributed by atoms with Crippen molar-refractivity contribution in [2.45, 2.75) is 51.5 Å². The number of aryl methyl sites for hydroxylation is 2. The number of nitrogens with zero attached hydrogens (tertiary/aromatic N) is 3. The smallest absolute Gasteiger partial charge is 0.268 e. The molecule has 0 spiro atoms. The van der Waals surface area contributed by atoms with Crippen LogP contribution in [0.3, 0.4) is 0 Å². The number of nitrogens with two attached hydrogens (primary N) is 1. The van der Waals surface area contributed by atoms with Gasteiger partial charge in [-0.15, -0.1) is 0 Å². The van der Waals surface area contributed by atoms with E-state index in [1.807, 2.05) is 26.0 Å². The van der Waals surface area contributed by atoms with E-state index < -0.39 is 15.9 Å². The molecule has 1 atom stereocenters. The van der Waals surface area contributed by atoms with Crippen LogP contribution in [0.1, 0.15) is 48.7 Å². The first-order valence-corrected chi connectivity index (χ1v) is 13.5. The fourth-order valence-electron chi connectivity index (χ4n) is 5.24. The van der Waals surface area contributed by atoms with Crippen molar-refractivity contribution < 1.29 is 17.9 Å². The molecule has 1 aliphatic heterocycles. The van der Waals surface area contributed by atoms with Crippen LogP contribution in [0.25, 0.3) is 11.3 Å². The number of rotatable bonds is 6. The zero-order chi connectivity index (χ0) is 27.1. The van der Waals surface area contributed by atoms with Crippen molar-refractivity contribution in [3.63, 3.8) is 0 Å². The van der Waals surface area contributed by atoms with Crippen molar-refractivity contribution in [2.75, 3.05) is 24.3 Å². The summed E-state index contributed by atoms with van der Waals surface area (Å²) >= 11 is 0. The maximum atomic E-state index is 13.4. The Morgan fingerprint density at radius 3 is 2.43 bits per heavy atom. The number of hydrogen-bond donors (Lipinski definition) is 2. The van der Waals surface area contributed by atoms with Crippen LogP contribution < -0.4 is 20.1 Å². The average molecular weight is 524 g/mol. The molecule has 3 N–H and O–H groups in total. The fourth-order valence-corrected chi connectivity index (χ4v) is 6.29. The topological polar surface area (TPSA) is 128 Å². The SMILES string of the molecule is COc1cc(C)c(-c2ccc(C(=O)NS(=O)(=O)c3cccnc3N)c(N3C[C@@H](C)CC3(C)C)n2)c(C)c1. The maximum absolute atomic E-state index is 13.4. The molecular weight excluding hydrogens is 490 g/mol. The number of carbonyl (C=O) groups excluding carboxylic acids is 1. The van der Waals surface area contributed by atoms with Gasteiger partial charge in [0.05, 0.1) is 18.4 Å². The van der Waals surface area contributed by atoms with E-state index in [1.165, 1.54) is 18.3 Å². The van der Waals surface area contributed by atoms with Crippen molar-refractivity contribution in [3.05, 3.63) is 59.3 Å². The van der Waals surface area contributed by atoms with Crippen molar-refractivity contribution in [2.24, 2.45) is 5.92 Å². The van der Waals surface area contributed by atoms with Gasteiger partial charge in [0.25, 0.3) is 15.9 Å². The quantitative estimate of drug-likeness (QED) is 0.494. The molecule has 1 aromatic carbocycles. The molecule has 1 amide bonds. The number of aromatic nitrogens is 2. The van der Waals surface area contributed by atoms with Gasteiger partial charge in [0, 0.05) is 23.8 Å². The Balaban J connectivity index is 1.83. The number of nitrogen functional groups attached to an aromatic ring is 1. The first-order chi connectivity index (χ1) is 17.3. The van der Waals surface area contributed by atoms with Crippen LogP contribution in [0.4, 0.5) is 11.6 Å². The Hall–Kier alpha value is -3.66. The molecule has 37 heavy (non-hydrogen) atoms. The molecule has 10 heteroatoms. The summed E-state index contributed by atoms with van der Waals surface area (Å²) in [7, 11) is -2.62. The van der Waals surface area contributed by atoms with Crippen LogP contribution in [0.15, 0.2) is 47.5 Å². The lowest BCUT2D eigenvalue weighted by molar-refractivity contribution is 0.0981. The lowest BCUT2D eigenvalue weighted by atomic mass is 9.96. The second kappa shape index (κ2) is 9.66. The summed E-state index contributed by atoms with van der Waals surface area (Å²) < 4.78 is 33.5. The average Bonchev–Trinajstić information content (AvgIpc) is 3.09. The summed E-state index contributed by atoms with van der Waals surface area (Å²) in [4.78, 5) is 24.1. The summed E-state index contributed by atoms with van der Waals surface area (Å²) in [6, 6.07) is 10.0. The van der Waals surface area contributed by atoms with Crippen molar-refractivity contribution in [1.82, 2.24) is 14.7 Å². The van der Waals surface area contributed by atoms with Crippen molar-refractivity contribution in [1.29, 1.82) is 0 Å². The van der Waals surface area contributed by atoms with E-state index in [1.54, 1.807) is 19.2 Å². The lowest BCUT2D eigenvalue weighted by Crippen LogP contribution is -2.41. The first-order valence-electron chi connectivity index (χ1n) is 12.1. The molecule has 196 valence electrons. The molecular formula is C27H33N5O4S. The van der Waals surface area contributed by atoms with Gasteiger partial charge in [-0.1, -0.05) is 6.92 Å². The molecule has 9 nitrogen and oxygen atoms in total. The summed E-state index contributed by atoms with van der Waals surface area (Å²) in [6.07, 6.45) is 2.29. The monoisotopic (exact) mass is 523 g/mol. The normalized spacial score (nSPS) is 17.0. The van der Waals surface area contributed by atoms with E-state index in [-0.39, 0.29) is 21.8 Å². The standard InChI is InChI=1S/C27H33N5O4S/c1-16-14-27(4,5)32(15-16)25-20(26(33)31-37(34,35)22-8-7-11-29-24(22)28)9-10-21(30-25)23-17(2)12-19(36-6)13-18(23)3/h7-13,16H,14-15H2,1-6H3,(H2,28,29)(H,31,33)/t16-/m0/s1. The Labute approximate surface area is 218 Å². The molecule has 4 rings (SSSR count). The van der Waals surface area contributed by atoms with Gasteiger partial charge in [-0.3, -0.25) is 4.79 Å². The molecule has 2 aromatic heterocycles. The number of sulfonamides is 1. The third-order valence-electron chi connectivity index (χ3n) is 6.76. The number of hydrogen-bond acceptors (Lipinski definition) is 8. The molecule has 1 aliphatic rings. The number of benzene rings is 1. The predicted molar refractivity (Wildman–Crippen MR) is 144 cm³/mol. The van der Waals surface area contributed by atoms with Gasteiger partial charge >= 0.3 is 0 Å². The minimum atomic E-state index is -4.25. The third kappa shape index (κ3) is 5.11. The van der Waals surface area contributed by atoms with Gasteiger partial charge in [-0.25, -0.2) is 23.1 Å². The molecule has 1 fully saturated rings. The van der Waals surface area contributed by atoms with Crippen molar-refractivity contribution in [3.8, 4) is 17.0 Å². The second-order valence-corrected chi connectivity index (χ2v) is 11.9. The zero-order valence-electron chi connectivity index (χ0n) is 22.0. The van der Waals surface area contributed by atoms with Gasteiger partial charge < -0.3 is 15.4 Å². The Morgan fingerprint density at radius 1 is 1.19 bits per heavy atom. The number of methoxy groups -OCH3 is 1. The van der Waals surface area contributed by atoms with Crippen LogP contribution in [-0.4, -0.2) is 43.5 Å². The number of carbonyl (C=O) groups is 1. The minimum Gasteiger partial charge on any atom is -0.497 e. The summed E-state index contributed by atoms with van der Waals surface area (Å²) in [5, 5.41) is 0. The molecule has 0 unspecified atom stereocenters. The molecule has 0 saturated carbocycles. The minimum absolute atomic E-state index is 0.167. The molecule has 1 saturated heterocycles. The van der Waals surface area contributed by atoms with E-state index in [2.05, 4.69) is 35.4 Å². The molecule has 3 heterocycles. The molecule has 0 bridgehead atoms. The third-order valence-corrected chi connectivity index (χ3v) is 8.14. The predicted octanol–water partition coefficient (Wildman–Crippen LogP) is 4.09. The Morgan fingerprint density at radius 2 is 1.86 bits per heavy atom. The number of pyridine rings is 2.